The zero-order valence-electron chi connectivity index (χ0n) is 9.43. The summed E-state index contributed by atoms with van der Waals surface area (Å²) in [5.41, 5.74) is 6.59. The summed E-state index contributed by atoms with van der Waals surface area (Å²) < 4.78 is 12.7. The first-order valence-corrected chi connectivity index (χ1v) is 5.08. The van der Waals surface area contributed by atoms with Crippen LogP contribution in [0.25, 0.3) is 0 Å². The number of aromatic nitrogens is 2. The Morgan fingerprint density at radius 1 is 1.56 bits per heavy atom. The van der Waals surface area contributed by atoms with Crippen LogP contribution >= 0.6 is 0 Å². The number of nitrogens with two attached hydrogens (primary N) is 1. The molecule has 0 aliphatic rings. The largest absolute Gasteiger partial charge is 0.482 e. The van der Waals surface area contributed by atoms with Crippen molar-refractivity contribution in [2.45, 2.75) is 20.1 Å². The second-order valence-electron chi connectivity index (χ2n) is 3.66. The summed E-state index contributed by atoms with van der Waals surface area (Å²) in [6.07, 6.45) is 3.47. The van der Waals surface area contributed by atoms with Crippen LogP contribution in [0.5, 0.6) is 5.75 Å². The number of furan rings is 1. The maximum absolute atomic E-state index is 5.53. The summed E-state index contributed by atoms with van der Waals surface area (Å²) in [4.78, 5) is 0. The molecule has 0 saturated carbocycles. The molecule has 0 bridgehead atoms. The van der Waals surface area contributed by atoms with Gasteiger partial charge in [-0.05, 0) is 18.6 Å². The zero-order chi connectivity index (χ0) is 11.5. The van der Waals surface area contributed by atoms with Gasteiger partial charge in [-0.15, -0.1) is 0 Å². The predicted octanol–water partition coefficient (Wildman–Crippen LogP) is 1.36. The molecule has 0 atom stereocenters. The van der Waals surface area contributed by atoms with E-state index in [1.807, 2.05) is 20.0 Å². The van der Waals surface area contributed by atoms with Crippen molar-refractivity contribution in [1.82, 2.24) is 9.78 Å². The quantitative estimate of drug-likeness (QED) is 0.846. The summed E-state index contributed by atoms with van der Waals surface area (Å²) in [5, 5.41) is 4.01. The molecule has 2 aromatic heterocycles. The summed E-state index contributed by atoms with van der Waals surface area (Å²) in [7, 11) is 1.84. The van der Waals surface area contributed by atoms with Gasteiger partial charge in [-0.25, -0.2) is 0 Å². The van der Waals surface area contributed by atoms with E-state index in [1.165, 1.54) is 0 Å². The number of hydrogen-bond donors (Lipinski definition) is 1. The van der Waals surface area contributed by atoms with Crippen molar-refractivity contribution >= 4 is 0 Å². The second-order valence-corrected chi connectivity index (χ2v) is 3.66. The maximum atomic E-state index is 5.53. The third kappa shape index (κ3) is 2.25. The summed E-state index contributed by atoms with van der Waals surface area (Å²) >= 11 is 0. The molecule has 5 heteroatoms. The van der Waals surface area contributed by atoms with Crippen LogP contribution in [-0.4, -0.2) is 9.78 Å². The van der Waals surface area contributed by atoms with Gasteiger partial charge in [0.2, 0.25) is 0 Å². The first-order valence-electron chi connectivity index (χ1n) is 5.08. The lowest BCUT2D eigenvalue weighted by Crippen LogP contribution is -1.95. The van der Waals surface area contributed by atoms with Gasteiger partial charge in [0.1, 0.15) is 18.1 Å². The van der Waals surface area contributed by atoms with Crippen molar-refractivity contribution in [1.29, 1.82) is 0 Å². The van der Waals surface area contributed by atoms with E-state index in [2.05, 4.69) is 5.10 Å². The van der Waals surface area contributed by atoms with E-state index < -0.39 is 0 Å². The SMILES string of the molecule is Cc1cc(COc2cnn(C)c2)oc1CN. The molecule has 0 radical (unpaired) electrons. The Bertz CT molecular complexity index is 473. The van der Waals surface area contributed by atoms with E-state index in [0.29, 0.717) is 13.2 Å². The highest BCUT2D eigenvalue weighted by atomic mass is 16.5. The van der Waals surface area contributed by atoms with Crippen molar-refractivity contribution in [3.8, 4) is 5.75 Å². The standard InChI is InChI=1S/C11H15N3O2/c1-8-3-9(16-11(8)4-12)7-15-10-5-13-14(2)6-10/h3,5-6H,4,7,12H2,1-2H3. The minimum Gasteiger partial charge on any atom is -0.482 e. The number of hydrogen-bond acceptors (Lipinski definition) is 4. The Morgan fingerprint density at radius 2 is 2.38 bits per heavy atom. The molecule has 0 saturated heterocycles. The molecule has 2 aromatic rings. The van der Waals surface area contributed by atoms with Crippen molar-refractivity contribution in [3.63, 3.8) is 0 Å². The van der Waals surface area contributed by atoms with Crippen LogP contribution in [-0.2, 0) is 20.2 Å². The lowest BCUT2D eigenvalue weighted by Gasteiger charge is -1.99. The minimum absolute atomic E-state index is 0.395. The molecular formula is C11H15N3O2. The first-order chi connectivity index (χ1) is 7.69. The fraction of sp³-hybridized carbons (Fsp3) is 0.364. The molecule has 86 valence electrons. The van der Waals surface area contributed by atoms with E-state index >= 15 is 0 Å². The summed E-state index contributed by atoms with van der Waals surface area (Å²) in [5.74, 6) is 2.32. The Balaban J connectivity index is 1.99. The monoisotopic (exact) mass is 221 g/mol. The predicted molar refractivity (Wildman–Crippen MR) is 58.9 cm³/mol. The van der Waals surface area contributed by atoms with Crippen LogP contribution in [0.15, 0.2) is 22.9 Å². The van der Waals surface area contributed by atoms with E-state index in [4.69, 9.17) is 14.9 Å². The highest BCUT2D eigenvalue weighted by Crippen LogP contribution is 2.16. The molecule has 2 rings (SSSR count). The minimum atomic E-state index is 0.395. The average Bonchev–Trinajstić information content (AvgIpc) is 2.82. The Morgan fingerprint density at radius 3 is 2.94 bits per heavy atom. The van der Waals surface area contributed by atoms with Crippen LogP contribution in [0.4, 0.5) is 0 Å². The van der Waals surface area contributed by atoms with Crippen LogP contribution in [0, 0.1) is 6.92 Å². The van der Waals surface area contributed by atoms with Gasteiger partial charge in [0.15, 0.2) is 5.75 Å². The fourth-order valence-electron chi connectivity index (χ4n) is 1.49. The van der Waals surface area contributed by atoms with Crippen LogP contribution < -0.4 is 10.5 Å². The molecule has 0 fully saturated rings. The van der Waals surface area contributed by atoms with Gasteiger partial charge in [0, 0.05) is 7.05 Å². The molecule has 0 amide bonds. The van der Waals surface area contributed by atoms with Crippen LogP contribution in [0.2, 0.25) is 0 Å². The molecule has 0 aromatic carbocycles. The molecule has 0 aliphatic carbocycles. The smallest absolute Gasteiger partial charge is 0.157 e. The van der Waals surface area contributed by atoms with E-state index in [-0.39, 0.29) is 0 Å². The van der Waals surface area contributed by atoms with Gasteiger partial charge in [-0.3, -0.25) is 4.68 Å². The molecule has 16 heavy (non-hydrogen) atoms. The average molecular weight is 221 g/mol. The van der Waals surface area contributed by atoms with Gasteiger partial charge in [0.25, 0.3) is 0 Å². The lowest BCUT2D eigenvalue weighted by molar-refractivity contribution is 0.266. The summed E-state index contributed by atoms with van der Waals surface area (Å²) in [6, 6.07) is 1.94. The van der Waals surface area contributed by atoms with Crippen LogP contribution in [0.3, 0.4) is 0 Å². The Kier molecular flexibility index (Phi) is 2.96. The molecule has 5 nitrogen and oxygen atoms in total. The lowest BCUT2D eigenvalue weighted by atomic mass is 10.3. The Labute approximate surface area is 93.8 Å². The van der Waals surface area contributed by atoms with Gasteiger partial charge in [-0.2, -0.15) is 5.10 Å². The third-order valence-electron chi connectivity index (χ3n) is 2.32. The second kappa shape index (κ2) is 4.40. The molecular weight excluding hydrogens is 206 g/mol. The number of rotatable bonds is 4. The van der Waals surface area contributed by atoms with Crippen molar-refractivity contribution in [2.75, 3.05) is 0 Å². The Hall–Kier alpha value is -1.75. The number of ether oxygens (including phenoxy) is 1. The number of aryl methyl sites for hydroxylation is 2. The van der Waals surface area contributed by atoms with E-state index in [0.717, 1.165) is 22.8 Å². The third-order valence-corrected chi connectivity index (χ3v) is 2.32. The molecule has 0 unspecified atom stereocenters. The van der Waals surface area contributed by atoms with E-state index in [1.54, 1.807) is 17.1 Å². The number of nitrogens with zero attached hydrogens (tertiary/aromatic N) is 2. The van der Waals surface area contributed by atoms with Crippen molar-refractivity contribution < 1.29 is 9.15 Å². The van der Waals surface area contributed by atoms with Gasteiger partial charge < -0.3 is 14.9 Å². The van der Waals surface area contributed by atoms with E-state index in [9.17, 15) is 0 Å². The molecule has 2 heterocycles. The topological polar surface area (TPSA) is 66.2 Å². The van der Waals surface area contributed by atoms with Gasteiger partial charge in [-0.1, -0.05) is 0 Å². The zero-order valence-corrected chi connectivity index (χ0v) is 9.43. The van der Waals surface area contributed by atoms with Crippen molar-refractivity contribution in [3.05, 3.63) is 35.5 Å². The fourth-order valence-corrected chi connectivity index (χ4v) is 1.49. The molecule has 0 spiro atoms. The highest BCUT2D eigenvalue weighted by Gasteiger charge is 2.06. The normalized spacial score (nSPS) is 10.7. The van der Waals surface area contributed by atoms with Gasteiger partial charge >= 0.3 is 0 Å². The molecule has 2 N–H and O–H groups in total. The van der Waals surface area contributed by atoms with Crippen molar-refractivity contribution in [2.24, 2.45) is 12.8 Å². The summed E-state index contributed by atoms with van der Waals surface area (Å²) in [6.45, 7) is 2.78. The van der Waals surface area contributed by atoms with Gasteiger partial charge in [0.05, 0.1) is 18.9 Å². The first kappa shape index (κ1) is 10.8. The van der Waals surface area contributed by atoms with Crippen LogP contribution in [0.1, 0.15) is 17.1 Å². The molecule has 0 aliphatic heterocycles. The maximum Gasteiger partial charge on any atom is 0.157 e. The highest BCUT2D eigenvalue weighted by molar-refractivity contribution is 5.20.